The van der Waals surface area contributed by atoms with Crippen LogP contribution in [0.15, 0.2) is 58.6 Å². The fraction of sp³-hybridized carbons (Fsp3) is 0.227. The van der Waals surface area contributed by atoms with E-state index < -0.39 is 9.84 Å². The molecule has 4 rings (SSSR count). The lowest BCUT2D eigenvalue weighted by atomic mass is 10.2. The average molecular weight is 533 g/mol. The monoisotopic (exact) mass is 532 g/mol. The molecule has 0 fully saturated rings. The Morgan fingerprint density at radius 1 is 1.00 bits per heavy atom. The number of sulfone groups is 1. The van der Waals surface area contributed by atoms with Gasteiger partial charge in [0.2, 0.25) is 11.0 Å². The lowest BCUT2D eigenvalue weighted by Crippen LogP contribution is -2.14. The number of nitrogens with zero attached hydrogens (tertiary/aromatic N) is 5. The van der Waals surface area contributed by atoms with Gasteiger partial charge in [-0.3, -0.25) is 10.1 Å². The van der Waals surface area contributed by atoms with Crippen LogP contribution in [0, 0.1) is 5.82 Å². The van der Waals surface area contributed by atoms with E-state index in [0.717, 1.165) is 5.56 Å². The molecule has 0 aliphatic carbocycles. The van der Waals surface area contributed by atoms with Crippen molar-refractivity contribution in [3.8, 4) is 22.0 Å². The SMILES string of the molecule is CCn1c(SCC(=O)Nc2nnc(-c3ccc(S(=O)(=O)CC)cc3)s2)nnc1-c1ccc(F)cc1. The predicted molar refractivity (Wildman–Crippen MR) is 134 cm³/mol. The first kappa shape index (κ1) is 24.9. The number of carbonyl (C=O) groups is 1. The maximum absolute atomic E-state index is 13.2. The maximum atomic E-state index is 13.2. The van der Waals surface area contributed by atoms with Gasteiger partial charge in [0, 0.05) is 17.7 Å². The molecule has 35 heavy (non-hydrogen) atoms. The summed E-state index contributed by atoms with van der Waals surface area (Å²) in [6.07, 6.45) is 0. The van der Waals surface area contributed by atoms with Gasteiger partial charge in [-0.2, -0.15) is 0 Å². The first-order chi connectivity index (χ1) is 16.8. The number of benzene rings is 2. The number of nitrogens with one attached hydrogen (secondary N) is 1. The molecule has 9 nitrogen and oxygen atoms in total. The second-order valence-corrected chi connectivity index (χ2v) is 11.4. The van der Waals surface area contributed by atoms with Crippen molar-refractivity contribution < 1.29 is 17.6 Å². The Balaban J connectivity index is 1.38. The van der Waals surface area contributed by atoms with E-state index >= 15 is 0 Å². The summed E-state index contributed by atoms with van der Waals surface area (Å²) in [4.78, 5) is 12.7. The minimum Gasteiger partial charge on any atom is -0.302 e. The molecule has 0 atom stereocenters. The maximum Gasteiger partial charge on any atom is 0.236 e. The highest BCUT2D eigenvalue weighted by molar-refractivity contribution is 7.99. The van der Waals surface area contributed by atoms with Crippen LogP contribution in [0.5, 0.6) is 0 Å². The first-order valence-electron chi connectivity index (χ1n) is 10.6. The molecular weight excluding hydrogens is 511 g/mol. The molecule has 0 saturated carbocycles. The molecule has 182 valence electrons. The van der Waals surface area contributed by atoms with E-state index in [9.17, 15) is 17.6 Å². The molecular formula is C22H21FN6O3S3. The van der Waals surface area contributed by atoms with Crippen LogP contribution >= 0.6 is 23.1 Å². The Morgan fingerprint density at radius 2 is 1.69 bits per heavy atom. The Hall–Kier alpha value is -3.16. The molecule has 1 N–H and O–H groups in total. The summed E-state index contributed by atoms with van der Waals surface area (Å²) in [6.45, 7) is 4.12. The number of hydrogen-bond acceptors (Lipinski definition) is 9. The van der Waals surface area contributed by atoms with Crippen LogP contribution in [0.2, 0.25) is 0 Å². The number of halogens is 1. The number of rotatable bonds is 9. The summed E-state index contributed by atoms with van der Waals surface area (Å²) in [5, 5.41) is 20.6. The van der Waals surface area contributed by atoms with Crippen molar-refractivity contribution in [2.45, 2.75) is 30.4 Å². The van der Waals surface area contributed by atoms with Crippen LogP contribution in [-0.4, -0.2) is 50.8 Å². The first-order valence-corrected chi connectivity index (χ1v) is 14.0. The average Bonchev–Trinajstić information content (AvgIpc) is 3.50. The second kappa shape index (κ2) is 10.6. The quantitative estimate of drug-likeness (QED) is 0.319. The minimum absolute atomic E-state index is 0.0292. The zero-order valence-electron chi connectivity index (χ0n) is 18.8. The highest BCUT2D eigenvalue weighted by atomic mass is 32.2. The van der Waals surface area contributed by atoms with Crippen LogP contribution in [0.1, 0.15) is 13.8 Å². The third-order valence-corrected chi connectivity index (χ3v) is 8.58. The summed E-state index contributed by atoms with van der Waals surface area (Å²) < 4.78 is 39.0. The van der Waals surface area contributed by atoms with E-state index in [1.165, 1.54) is 47.4 Å². The van der Waals surface area contributed by atoms with Gasteiger partial charge in [0.25, 0.3) is 0 Å². The van der Waals surface area contributed by atoms with Crippen LogP contribution in [-0.2, 0) is 21.2 Å². The summed E-state index contributed by atoms with van der Waals surface area (Å²) in [5.41, 5.74) is 1.44. The van der Waals surface area contributed by atoms with Gasteiger partial charge in [-0.15, -0.1) is 20.4 Å². The summed E-state index contributed by atoms with van der Waals surface area (Å²) >= 11 is 2.42. The Morgan fingerprint density at radius 3 is 2.34 bits per heavy atom. The van der Waals surface area contributed by atoms with Crippen molar-refractivity contribution >= 4 is 44.0 Å². The number of hydrogen-bond donors (Lipinski definition) is 1. The normalized spacial score (nSPS) is 11.5. The smallest absolute Gasteiger partial charge is 0.236 e. The molecule has 2 aromatic heterocycles. The van der Waals surface area contributed by atoms with Gasteiger partial charge in [0.15, 0.2) is 20.8 Å². The van der Waals surface area contributed by atoms with Crippen molar-refractivity contribution in [1.82, 2.24) is 25.0 Å². The third kappa shape index (κ3) is 5.74. The highest BCUT2D eigenvalue weighted by Crippen LogP contribution is 2.28. The second-order valence-electron chi connectivity index (χ2n) is 7.23. The predicted octanol–water partition coefficient (Wildman–Crippen LogP) is 4.15. The largest absolute Gasteiger partial charge is 0.302 e. The van der Waals surface area contributed by atoms with Crippen molar-refractivity contribution in [2.75, 3.05) is 16.8 Å². The van der Waals surface area contributed by atoms with Gasteiger partial charge in [-0.05, 0) is 43.3 Å². The molecule has 0 aliphatic heterocycles. The zero-order valence-corrected chi connectivity index (χ0v) is 21.3. The fourth-order valence-electron chi connectivity index (χ4n) is 3.14. The molecule has 0 unspecified atom stereocenters. The van der Waals surface area contributed by atoms with Crippen LogP contribution in [0.4, 0.5) is 9.52 Å². The van der Waals surface area contributed by atoms with E-state index in [4.69, 9.17) is 0 Å². The van der Waals surface area contributed by atoms with E-state index in [0.29, 0.717) is 33.2 Å². The number of thioether (sulfide) groups is 1. The summed E-state index contributed by atoms with van der Waals surface area (Å²) in [6, 6.07) is 12.4. The van der Waals surface area contributed by atoms with Gasteiger partial charge in [-0.25, -0.2) is 12.8 Å². The third-order valence-electron chi connectivity index (χ3n) is 4.98. The Bertz CT molecular complexity index is 1430. The van der Waals surface area contributed by atoms with Crippen LogP contribution in [0.3, 0.4) is 0 Å². The number of aromatic nitrogens is 5. The lowest BCUT2D eigenvalue weighted by Gasteiger charge is -2.07. The molecule has 13 heteroatoms. The van der Waals surface area contributed by atoms with E-state index in [1.807, 2.05) is 11.5 Å². The molecule has 0 spiro atoms. The molecule has 2 heterocycles. The van der Waals surface area contributed by atoms with Crippen LogP contribution < -0.4 is 5.32 Å². The lowest BCUT2D eigenvalue weighted by molar-refractivity contribution is -0.113. The highest BCUT2D eigenvalue weighted by Gasteiger charge is 2.17. The van der Waals surface area contributed by atoms with Gasteiger partial charge in [0.05, 0.1) is 16.4 Å². The van der Waals surface area contributed by atoms with Crippen molar-refractivity contribution in [3.05, 3.63) is 54.3 Å². The zero-order chi connectivity index (χ0) is 25.0. The van der Waals surface area contributed by atoms with Gasteiger partial charge >= 0.3 is 0 Å². The van der Waals surface area contributed by atoms with Gasteiger partial charge in [-0.1, -0.05) is 42.2 Å². The number of amides is 1. The molecule has 0 aliphatic rings. The molecule has 2 aromatic carbocycles. The molecule has 0 bridgehead atoms. The summed E-state index contributed by atoms with van der Waals surface area (Å²) in [5.74, 6) is 0.100. The number of carbonyl (C=O) groups excluding carboxylic acids is 1. The number of anilines is 1. The standard InChI is InChI=1S/C22H21FN6O3S3/c1-3-29-19(14-5-9-16(23)10-6-14)25-28-22(29)33-13-18(30)24-21-27-26-20(34-21)15-7-11-17(12-8-15)35(31,32)4-2/h5-12H,3-4,13H2,1-2H3,(H,24,27,30). The topological polar surface area (TPSA) is 120 Å². The Labute approximate surface area is 209 Å². The molecule has 4 aromatic rings. The van der Waals surface area contributed by atoms with E-state index in [-0.39, 0.29) is 28.1 Å². The van der Waals surface area contributed by atoms with Crippen molar-refractivity contribution in [3.63, 3.8) is 0 Å². The fourth-order valence-corrected chi connectivity index (χ4v) is 5.59. The minimum atomic E-state index is -3.28. The Kier molecular flexibility index (Phi) is 7.57. The summed E-state index contributed by atoms with van der Waals surface area (Å²) in [7, 11) is -3.28. The van der Waals surface area contributed by atoms with E-state index in [1.54, 1.807) is 31.2 Å². The van der Waals surface area contributed by atoms with Crippen molar-refractivity contribution in [2.24, 2.45) is 0 Å². The molecule has 1 amide bonds. The van der Waals surface area contributed by atoms with Crippen molar-refractivity contribution in [1.29, 1.82) is 0 Å². The van der Waals surface area contributed by atoms with Crippen LogP contribution in [0.25, 0.3) is 22.0 Å². The molecule has 0 radical (unpaired) electrons. The van der Waals surface area contributed by atoms with Gasteiger partial charge < -0.3 is 4.57 Å². The molecule has 0 saturated heterocycles. The van der Waals surface area contributed by atoms with Gasteiger partial charge in [0.1, 0.15) is 10.8 Å². The van der Waals surface area contributed by atoms with E-state index in [2.05, 4.69) is 25.7 Å².